The first-order valence-corrected chi connectivity index (χ1v) is 7.50. The molecule has 1 unspecified atom stereocenters. The summed E-state index contributed by atoms with van der Waals surface area (Å²) in [5.41, 5.74) is 0.761. The number of para-hydroxylation sites is 1. The van der Waals surface area contributed by atoms with Crippen LogP contribution in [0.4, 0.5) is 0 Å². The fourth-order valence-corrected chi connectivity index (χ4v) is 2.69. The maximum absolute atomic E-state index is 10.2. The molecule has 2 rings (SSSR count). The summed E-state index contributed by atoms with van der Waals surface area (Å²) in [6, 6.07) is 5.69. The number of hydrogen-bond acceptors (Lipinski definition) is 5. The van der Waals surface area contributed by atoms with Crippen molar-refractivity contribution < 1.29 is 14.6 Å². The van der Waals surface area contributed by atoms with Gasteiger partial charge in [0.05, 0.1) is 13.2 Å². The van der Waals surface area contributed by atoms with Gasteiger partial charge in [-0.2, -0.15) is 0 Å². The summed E-state index contributed by atoms with van der Waals surface area (Å²) >= 11 is 0. The van der Waals surface area contributed by atoms with E-state index in [2.05, 4.69) is 17.3 Å². The number of methoxy groups -OCH3 is 1. The van der Waals surface area contributed by atoms with Gasteiger partial charge in [-0.1, -0.05) is 12.1 Å². The van der Waals surface area contributed by atoms with Crippen molar-refractivity contribution >= 4 is 0 Å². The van der Waals surface area contributed by atoms with Crippen molar-refractivity contribution in [2.24, 2.45) is 0 Å². The van der Waals surface area contributed by atoms with E-state index >= 15 is 0 Å². The molecule has 1 saturated heterocycles. The average molecular weight is 294 g/mol. The number of rotatable bonds is 6. The van der Waals surface area contributed by atoms with Crippen LogP contribution in [-0.4, -0.2) is 56.9 Å². The molecule has 1 aliphatic heterocycles. The van der Waals surface area contributed by atoms with E-state index in [1.54, 1.807) is 7.11 Å². The van der Waals surface area contributed by atoms with Gasteiger partial charge in [0.15, 0.2) is 11.5 Å². The summed E-state index contributed by atoms with van der Waals surface area (Å²) < 4.78 is 11.6. The van der Waals surface area contributed by atoms with Crippen LogP contribution in [0.15, 0.2) is 18.2 Å². The van der Waals surface area contributed by atoms with E-state index in [0.29, 0.717) is 12.3 Å². The van der Waals surface area contributed by atoms with Crippen LogP contribution in [0.25, 0.3) is 0 Å². The number of benzene rings is 1. The third-order valence-corrected chi connectivity index (χ3v) is 3.93. The summed E-state index contributed by atoms with van der Waals surface area (Å²) in [5, 5.41) is 13.2. The molecule has 0 bridgehead atoms. The predicted octanol–water partition coefficient (Wildman–Crippen LogP) is 1.42. The standard InChI is InChI=1S/C16H26N2O3/c1-17-11-14(19)13-5-4-6-15(16(13)20-3)21-12-7-9-18(2)10-8-12/h4-6,12,14,17,19H,7-11H2,1-3H3. The Hall–Kier alpha value is -1.30. The zero-order valence-electron chi connectivity index (χ0n) is 13.1. The van der Waals surface area contributed by atoms with Crippen LogP contribution in [0.5, 0.6) is 11.5 Å². The maximum Gasteiger partial charge on any atom is 0.166 e. The Balaban J connectivity index is 2.13. The molecule has 0 amide bonds. The topological polar surface area (TPSA) is 54.0 Å². The Bertz CT molecular complexity index is 445. The van der Waals surface area contributed by atoms with Gasteiger partial charge in [0.1, 0.15) is 6.10 Å². The molecular formula is C16H26N2O3. The molecule has 0 radical (unpaired) electrons. The van der Waals surface area contributed by atoms with Crippen molar-refractivity contribution in [3.63, 3.8) is 0 Å². The summed E-state index contributed by atoms with van der Waals surface area (Å²) in [7, 11) is 5.56. The van der Waals surface area contributed by atoms with Gasteiger partial charge in [-0.15, -0.1) is 0 Å². The molecular weight excluding hydrogens is 268 g/mol. The Morgan fingerprint density at radius 1 is 1.38 bits per heavy atom. The molecule has 1 aromatic carbocycles. The lowest BCUT2D eigenvalue weighted by molar-refractivity contribution is 0.109. The molecule has 1 atom stereocenters. The fourth-order valence-electron chi connectivity index (χ4n) is 2.69. The van der Waals surface area contributed by atoms with Crippen LogP contribution in [0.2, 0.25) is 0 Å². The van der Waals surface area contributed by atoms with Crippen molar-refractivity contribution in [3.8, 4) is 11.5 Å². The first-order valence-electron chi connectivity index (χ1n) is 7.50. The molecule has 0 aliphatic carbocycles. The average Bonchev–Trinajstić information content (AvgIpc) is 2.49. The van der Waals surface area contributed by atoms with Crippen LogP contribution in [0, 0.1) is 0 Å². The number of aliphatic hydroxyl groups is 1. The van der Waals surface area contributed by atoms with E-state index in [0.717, 1.165) is 37.2 Å². The van der Waals surface area contributed by atoms with Gasteiger partial charge < -0.3 is 24.8 Å². The highest BCUT2D eigenvalue weighted by Crippen LogP contribution is 2.36. The summed E-state index contributed by atoms with van der Waals surface area (Å²) in [4.78, 5) is 2.31. The summed E-state index contributed by atoms with van der Waals surface area (Å²) in [6.07, 6.45) is 1.64. The lowest BCUT2D eigenvalue weighted by Gasteiger charge is -2.30. The first kappa shape index (κ1) is 16.1. The monoisotopic (exact) mass is 294 g/mol. The van der Waals surface area contributed by atoms with Crippen LogP contribution < -0.4 is 14.8 Å². The minimum atomic E-state index is -0.606. The smallest absolute Gasteiger partial charge is 0.166 e. The number of hydrogen-bond donors (Lipinski definition) is 2. The van der Waals surface area contributed by atoms with Crippen LogP contribution in [-0.2, 0) is 0 Å². The number of aliphatic hydroxyl groups excluding tert-OH is 1. The number of likely N-dealkylation sites (tertiary alicyclic amines) is 1. The Morgan fingerprint density at radius 2 is 2.10 bits per heavy atom. The SMILES string of the molecule is CNCC(O)c1cccc(OC2CCN(C)CC2)c1OC. The van der Waals surface area contributed by atoms with E-state index in [9.17, 15) is 5.11 Å². The molecule has 1 aromatic rings. The van der Waals surface area contributed by atoms with Gasteiger partial charge in [0, 0.05) is 25.2 Å². The second kappa shape index (κ2) is 7.64. The normalized spacial score (nSPS) is 18.5. The molecule has 0 saturated carbocycles. The van der Waals surface area contributed by atoms with Gasteiger partial charge in [-0.25, -0.2) is 0 Å². The third kappa shape index (κ3) is 4.09. The minimum Gasteiger partial charge on any atom is -0.492 e. The highest BCUT2D eigenvalue weighted by atomic mass is 16.5. The molecule has 1 aliphatic rings. The summed E-state index contributed by atoms with van der Waals surface area (Å²) in [5.74, 6) is 1.36. The molecule has 118 valence electrons. The van der Waals surface area contributed by atoms with Gasteiger partial charge in [0.25, 0.3) is 0 Å². The van der Waals surface area contributed by atoms with Gasteiger partial charge >= 0.3 is 0 Å². The quantitative estimate of drug-likeness (QED) is 0.831. The van der Waals surface area contributed by atoms with Crippen LogP contribution in [0.1, 0.15) is 24.5 Å². The van der Waals surface area contributed by atoms with E-state index in [4.69, 9.17) is 9.47 Å². The maximum atomic E-state index is 10.2. The van der Waals surface area contributed by atoms with E-state index in [1.165, 1.54) is 0 Å². The van der Waals surface area contributed by atoms with Gasteiger partial charge in [-0.3, -0.25) is 0 Å². The van der Waals surface area contributed by atoms with E-state index < -0.39 is 6.10 Å². The highest BCUT2D eigenvalue weighted by molar-refractivity contribution is 5.48. The molecule has 21 heavy (non-hydrogen) atoms. The van der Waals surface area contributed by atoms with Crippen molar-refractivity contribution in [2.45, 2.75) is 25.0 Å². The Morgan fingerprint density at radius 3 is 2.71 bits per heavy atom. The second-order valence-corrected chi connectivity index (χ2v) is 5.57. The van der Waals surface area contributed by atoms with Crippen molar-refractivity contribution in [3.05, 3.63) is 23.8 Å². The van der Waals surface area contributed by atoms with Crippen molar-refractivity contribution in [1.82, 2.24) is 10.2 Å². The van der Waals surface area contributed by atoms with E-state index in [-0.39, 0.29) is 6.10 Å². The molecule has 0 aromatic heterocycles. The highest BCUT2D eigenvalue weighted by Gasteiger charge is 2.22. The third-order valence-electron chi connectivity index (χ3n) is 3.93. The van der Waals surface area contributed by atoms with Gasteiger partial charge in [-0.05, 0) is 33.0 Å². The van der Waals surface area contributed by atoms with E-state index in [1.807, 2.05) is 25.2 Å². The zero-order valence-corrected chi connectivity index (χ0v) is 13.1. The number of ether oxygens (including phenoxy) is 2. The summed E-state index contributed by atoms with van der Waals surface area (Å²) in [6.45, 7) is 2.58. The van der Waals surface area contributed by atoms with Crippen LogP contribution in [0.3, 0.4) is 0 Å². The predicted molar refractivity (Wildman–Crippen MR) is 83.0 cm³/mol. The number of piperidine rings is 1. The molecule has 1 heterocycles. The Kier molecular flexibility index (Phi) is 5.85. The molecule has 2 N–H and O–H groups in total. The fraction of sp³-hybridized carbons (Fsp3) is 0.625. The van der Waals surface area contributed by atoms with Crippen LogP contribution >= 0.6 is 0 Å². The largest absolute Gasteiger partial charge is 0.492 e. The number of nitrogens with zero attached hydrogens (tertiary/aromatic N) is 1. The second-order valence-electron chi connectivity index (χ2n) is 5.57. The minimum absolute atomic E-state index is 0.215. The molecule has 1 fully saturated rings. The van der Waals surface area contributed by atoms with Crippen molar-refractivity contribution in [1.29, 1.82) is 0 Å². The molecule has 0 spiro atoms. The number of nitrogens with one attached hydrogen (secondary N) is 1. The Labute approximate surface area is 126 Å². The lowest BCUT2D eigenvalue weighted by Crippen LogP contribution is -2.35. The molecule has 5 nitrogen and oxygen atoms in total. The number of likely N-dealkylation sites (N-methyl/N-ethyl adjacent to an activating group) is 1. The zero-order chi connectivity index (χ0) is 15.2. The first-order chi connectivity index (χ1) is 10.2. The lowest BCUT2D eigenvalue weighted by atomic mass is 10.1. The van der Waals surface area contributed by atoms with Crippen molar-refractivity contribution in [2.75, 3.05) is 40.8 Å². The van der Waals surface area contributed by atoms with Gasteiger partial charge in [0.2, 0.25) is 0 Å². The molecule has 5 heteroatoms.